The first-order valence-electron chi connectivity index (χ1n) is 6.49. The van der Waals surface area contributed by atoms with Crippen molar-refractivity contribution in [1.29, 1.82) is 0 Å². The smallest absolute Gasteiger partial charge is 0.187 e. The number of carbonyl (C=O) groups is 1. The molecule has 0 aliphatic heterocycles. The highest BCUT2D eigenvalue weighted by atomic mass is 16.5. The van der Waals surface area contributed by atoms with Crippen molar-refractivity contribution in [2.45, 2.75) is 0 Å². The molecule has 0 spiro atoms. The number of hydrogen-bond acceptors (Lipinski definition) is 4. The maximum Gasteiger partial charge on any atom is 0.187 e. The van der Waals surface area contributed by atoms with Crippen LogP contribution in [0.3, 0.4) is 0 Å². The number of hydrogen-bond donors (Lipinski definition) is 1. The summed E-state index contributed by atoms with van der Waals surface area (Å²) in [5, 5.41) is 3.04. The molecular weight excluding hydrogens is 266 g/mol. The van der Waals surface area contributed by atoms with Gasteiger partial charge in [-0.2, -0.15) is 0 Å². The zero-order valence-corrected chi connectivity index (χ0v) is 12.0. The largest absolute Gasteiger partial charge is 0.497 e. The van der Waals surface area contributed by atoms with Crippen molar-refractivity contribution >= 4 is 11.5 Å². The molecule has 0 bridgehead atoms. The van der Waals surface area contributed by atoms with E-state index in [1.54, 1.807) is 44.7 Å². The molecule has 4 heteroatoms. The van der Waals surface area contributed by atoms with Gasteiger partial charge in [0.05, 0.1) is 19.9 Å². The van der Waals surface area contributed by atoms with E-state index < -0.39 is 0 Å². The average Bonchev–Trinajstić information content (AvgIpc) is 2.55. The molecule has 2 rings (SSSR count). The monoisotopic (exact) mass is 283 g/mol. The molecule has 21 heavy (non-hydrogen) atoms. The topological polar surface area (TPSA) is 47.6 Å². The van der Waals surface area contributed by atoms with Gasteiger partial charge in [-0.25, -0.2) is 0 Å². The van der Waals surface area contributed by atoms with Gasteiger partial charge < -0.3 is 14.8 Å². The number of anilines is 1. The first-order valence-corrected chi connectivity index (χ1v) is 6.49. The van der Waals surface area contributed by atoms with E-state index in [9.17, 15) is 4.79 Å². The Labute approximate surface area is 124 Å². The Kier molecular flexibility index (Phi) is 4.99. The summed E-state index contributed by atoms with van der Waals surface area (Å²) in [5.74, 6) is 1.28. The minimum absolute atomic E-state index is 0.101. The molecule has 0 heterocycles. The van der Waals surface area contributed by atoms with Gasteiger partial charge in [0.15, 0.2) is 5.78 Å². The van der Waals surface area contributed by atoms with Gasteiger partial charge in [0.2, 0.25) is 0 Å². The number of benzene rings is 2. The third kappa shape index (κ3) is 3.86. The first kappa shape index (κ1) is 14.7. The van der Waals surface area contributed by atoms with Gasteiger partial charge in [-0.3, -0.25) is 4.79 Å². The van der Waals surface area contributed by atoms with Crippen LogP contribution in [0.25, 0.3) is 0 Å². The lowest BCUT2D eigenvalue weighted by atomic mass is 10.1. The summed E-state index contributed by atoms with van der Waals surface area (Å²) in [5.41, 5.74) is 1.38. The van der Waals surface area contributed by atoms with E-state index in [1.807, 2.05) is 24.3 Å². The molecule has 0 aliphatic carbocycles. The zero-order chi connectivity index (χ0) is 15.1. The Morgan fingerprint density at radius 1 is 1.05 bits per heavy atom. The molecule has 0 atom stereocenters. The number of methoxy groups -OCH3 is 2. The fourth-order valence-electron chi connectivity index (χ4n) is 1.84. The van der Waals surface area contributed by atoms with Crippen LogP contribution in [-0.2, 0) is 0 Å². The molecule has 0 saturated carbocycles. The maximum absolute atomic E-state index is 12.0. The van der Waals surface area contributed by atoms with Crippen LogP contribution in [0.2, 0.25) is 0 Å². The van der Waals surface area contributed by atoms with Crippen molar-refractivity contribution < 1.29 is 14.3 Å². The quantitative estimate of drug-likeness (QED) is 0.651. The Morgan fingerprint density at radius 3 is 2.62 bits per heavy atom. The summed E-state index contributed by atoms with van der Waals surface area (Å²) in [6.45, 7) is 0. The number of para-hydroxylation sites is 2. The molecule has 0 fully saturated rings. The molecular formula is C17H17NO3. The van der Waals surface area contributed by atoms with Gasteiger partial charge in [-0.05, 0) is 24.3 Å². The van der Waals surface area contributed by atoms with E-state index in [-0.39, 0.29) is 5.78 Å². The highest BCUT2D eigenvalue weighted by Gasteiger charge is 2.03. The van der Waals surface area contributed by atoms with Crippen molar-refractivity contribution in [3.63, 3.8) is 0 Å². The molecule has 0 amide bonds. The Balaban J connectivity index is 2.05. The Morgan fingerprint density at radius 2 is 1.86 bits per heavy atom. The van der Waals surface area contributed by atoms with E-state index in [1.165, 1.54) is 6.08 Å². The predicted octanol–water partition coefficient (Wildman–Crippen LogP) is 3.51. The van der Waals surface area contributed by atoms with Crippen molar-refractivity contribution in [3.8, 4) is 11.5 Å². The molecule has 0 aliphatic rings. The summed E-state index contributed by atoms with van der Waals surface area (Å²) >= 11 is 0. The maximum atomic E-state index is 12.0. The second-order valence-electron chi connectivity index (χ2n) is 4.27. The van der Waals surface area contributed by atoms with Crippen LogP contribution in [0.4, 0.5) is 5.69 Å². The van der Waals surface area contributed by atoms with Crippen LogP contribution in [0.15, 0.2) is 60.8 Å². The fourth-order valence-corrected chi connectivity index (χ4v) is 1.84. The van der Waals surface area contributed by atoms with Crippen molar-refractivity contribution in [2.24, 2.45) is 0 Å². The average molecular weight is 283 g/mol. The highest BCUT2D eigenvalue weighted by molar-refractivity contribution is 6.04. The lowest BCUT2D eigenvalue weighted by Crippen LogP contribution is -1.98. The molecule has 0 unspecified atom stereocenters. The summed E-state index contributed by atoms with van der Waals surface area (Å²) < 4.78 is 10.3. The predicted molar refractivity (Wildman–Crippen MR) is 83.1 cm³/mol. The molecule has 0 aromatic heterocycles. The van der Waals surface area contributed by atoms with Crippen LogP contribution in [-0.4, -0.2) is 20.0 Å². The van der Waals surface area contributed by atoms with Gasteiger partial charge in [-0.1, -0.05) is 24.3 Å². The molecule has 2 aromatic rings. The SMILES string of the molecule is COc1cccc(C(=O)C=CNc2ccccc2OC)c1. The van der Waals surface area contributed by atoms with Crippen LogP contribution < -0.4 is 14.8 Å². The summed E-state index contributed by atoms with van der Waals surface area (Å²) in [6, 6.07) is 14.5. The normalized spacial score (nSPS) is 10.4. The van der Waals surface area contributed by atoms with E-state index in [0.29, 0.717) is 11.3 Å². The van der Waals surface area contributed by atoms with Gasteiger partial charge in [0.1, 0.15) is 11.5 Å². The van der Waals surface area contributed by atoms with Gasteiger partial charge in [0.25, 0.3) is 0 Å². The fraction of sp³-hybridized carbons (Fsp3) is 0.118. The number of carbonyl (C=O) groups excluding carboxylic acids is 1. The summed E-state index contributed by atoms with van der Waals surface area (Å²) in [4.78, 5) is 12.0. The van der Waals surface area contributed by atoms with E-state index in [0.717, 1.165) is 11.4 Å². The number of nitrogens with one attached hydrogen (secondary N) is 1. The van der Waals surface area contributed by atoms with Crippen LogP contribution >= 0.6 is 0 Å². The standard InChI is InChI=1S/C17H17NO3/c1-20-14-7-5-6-13(12-14)16(19)10-11-18-15-8-3-4-9-17(15)21-2/h3-12,18H,1-2H3. The molecule has 2 aromatic carbocycles. The molecule has 4 nitrogen and oxygen atoms in total. The van der Waals surface area contributed by atoms with Gasteiger partial charge in [0, 0.05) is 17.8 Å². The van der Waals surface area contributed by atoms with Crippen LogP contribution in [0.1, 0.15) is 10.4 Å². The van der Waals surface area contributed by atoms with E-state index in [4.69, 9.17) is 9.47 Å². The van der Waals surface area contributed by atoms with Crippen molar-refractivity contribution in [2.75, 3.05) is 19.5 Å². The number of rotatable bonds is 6. The third-order valence-electron chi connectivity index (χ3n) is 2.93. The van der Waals surface area contributed by atoms with Gasteiger partial charge >= 0.3 is 0 Å². The minimum atomic E-state index is -0.101. The first-order chi connectivity index (χ1) is 10.2. The second kappa shape index (κ2) is 7.14. The van der Waals surface area contributed by atoms with E-state index in [2.05, 4.69) is 5.32 Å². The van der Waals surface area contributed by atoms with Crippen LogP contribution in [0, 0.1) is 0 Å². The second-order valence-corrected chi connectivity index (χ2v) is 4.27. The molecule has 0 saturated heterocycles. The van der Waals surface area contributed by atoms with Gasteiger partial charge in [-0.15, -0.1) is 0 Å². The number of ether oxygens (including phenoxy) is 2. The van der Waals surface area contributed by atoms with Crippen molar-refractivity contribution in [1.82, 2.24) is 0 Å². The van der Waals surface area contributed by atoms with Crippen molar-refractivity contribution in [3.05, 3.63) is 66.4 Å². The Bertz CT molecular complexity index is 650. The Hall–Kier alpha value is -2.75. The van der Waals surface area contributed by atoms with E-state index >= 15 is 0 Å². The minimum Gasteiger partial charge on any atom is -0.497 e. The summed E-state index contributed by atoms with van der Waals surface area (Å²) in [7, 11) is 3.17. The summed E-state index contributed by atoms with van der Waals surface area (Å²) in [6.07, 6.45) is 3.07. The zero-order valence-electron chi connectivity index (χ0n) is 12.0. The number of allylic oxidation sites excluding steroid dienone is 1. The third-order valence-corrected chi connectivity index (χ3v) is 2.93. The lowest BCUT2D eigenvalue weighted by molar-refractivity contribution is 0.104. The van der Waals surface area contributed by atoms with Crippen LogP contribution in [0.5, 0.6) is 11.5 Å². The molecule has 0 radical (unpaired) electrons. The molecule has 1 N–H and O–H groups in total. The highest BCUT2D eigenvalue weighted by Crippen LogP contribution is 2.22. The number of ketones is 1. The molecule has 108 valence electrons. The lowest BCUT2D eigenvalue weighted by Gasteiger charge is -2.07.